The maximum absolute atomic E-state index is 13.4. The molecule has 2 rings (SSSR count). The van der Waals surface area contributed by atoms with Gasteiger partial charge in [0.05, 0.1) is 4.47 Å². The third-order valence-corrected chi connectivity index (χ3v) is 3.89. The van der Waals surface area contributed by atoms with Crippen LogP contribution < -0.4 is 10.5 Å². The van der Waals surface area contributed by atoms with E-state index in [1.807, 2.05) is 0 Å². The molecule has 0 saturated heterocycles. The van der Waals surface area contributed by atoms with E-state index in [0.29, 0.717) is 10.9 Å². The van der Waals surface area contributed by atoms with Crippen LogP contribution in [0.2, 0.25) is 0 Å². The van der Waals surface area contributed by atoms with Gasteiger partial charge in [-0.15, -0.1) is 0 Å². The first-order valence-corrected chi connectivity index (χ1v) is 7.00. The second-order valence-corrected chi connectivity index (χ2v) is 5.26. The summed E-state index contributed by atoms with van der Waals surface area (Å²) in [6.07, 6.45) is 0.424. The highest BCUT2D eigenvalue weighted by Gasteiger charge is 2.12. The summed E-state index contributed by atoms with van der Waals surface area (Å²) in [4.78, 5) is 0. The Balaban J connectivity index is 2.09. The Morgan fingerprint density at radius 2 is 1.76 bits per heavy atom. The first-order valence-electron chi connectivity index (χ1n) is 6.20. The van der Waals surface area contributed by atoms with Crippen molar-refractivity contribution in [1.29, 1.82) is 0 Å². The van der Waals surface area contributed by atoms with Gasteiger partial charge in [0, 0.05) is 6.04 Å². The lowest BCUT2D eigenvalue weighted by Crippen LogP contribution is -2.14. The Labute approximate surface area is 128 Å². The predicted octanol–water partition coefficient (Wildman–Crippen LogP) is 4.43. The van der Waals surface area contributed by atoms with Gasteiger partial charge in [-0.1, -0.05) is 24.3 Å². The van der Waals surface area contributed by atoms with Crippen LogP contribution in [0.1, 0.15) is 17.2 Å². The molecule has 1 unspecified atom stereocenters. The molecular formula is C15H13BrF3NO. The first kappa shape index (κ1) is 15.9. The van der Waals surface area contributed by atoms with Gasteiger partial charge < -0.3 is 10.5 Å². The van der Waals surface area contributed by atoms with Crippen LogP contribution in [0.4, 0.5) is 13.2 Å². The van der Waals surface area contributed by atoms with Crippen molar-refractivity contribution in [3.05, 3.63) is 63.9 Å². The van der Waals surface area contributed by atoms with E-state index in [-0.39, 0.29) is 17.6 Å². The zero-order valence-electron chi connectivity index (χ0n) is 10.9. The summed E-state index contributed by atoms with van der Waals surface area (Å²) in [6.45, 7) is -2.85. The van der Waals surface area contributed by atoms with Gasteiger partial charge in [0.25, 0.3) is 0 Å². The predicted molar refractivity (Wildman–Crippen MR) is 77.8 cm³/mol. The van der Waals surface area contributed by atoms with Gasteiger partial charge in [0.2, 0.25) is 0 Å². The lowest BCUT2D eigenvalue weighted by Gasteiger charge is -2.14. The summed E-state index contributed by atoms with van der Waals surface area (Å²) in [6, 6.07) is 10.5. The molecule has 0 saturated carbocycles. The highest BCUT2D eigenvalue weighted by atomic mass is 79.9. The van der Waals surface area contributed by atoms with E-state index in [2.05, 4.69) is 20.7 Å². The van der Waals surface area contributed by atoms with Crippen molar-refractivity contribution in [2.75, 3.05) is 0 Å². The minimum absolute atomic E-state index is 0.0767. The Bertz CT molecular complexity index is 604. The molecule has 0 aromatic heterocycles. The number of hydrogen-bond donors (Lipinski definition) is 1. The Kier molecular flexibility index (Phi) is 5.25. The molecule has 2 nitrogen and oxygen atoms in total. The number of hydrogen-bond acceptors (Lipinski definition) is 2. The van der Waals surface area contributed by atoms with Crippen molar-refractivity contribution in [2.24, 2.45) is 5.73 Å². The van der Waals surface area contributed by atoms with Crippen LogP contribution in [-0.2, 0) is 6.42 Å². The van der Waals surface area contributed by atoms with E-state index in [4.69, 9.17) is 5.73 Å². The van der Waals surface area contributed by atoms with Crippen LogP contribution in [0, 0.1) is 5.82 Å². The van der Waals surface area contributed by atoms with Crippen LogP contribution in [-0.4, -0.2) is 6.61 Å². The third kappa shape index (κ3) is 4.22. The van der Waals surface area contributed by atoms with E-state index in [1.165, 1.54) is 18.2 Å². The smallest absolute Gasteiger partial charge is 0.387 e. The molecule has 0 aliphatic rings. The van der Waals surface area contributed by atoms with Gasteiger partial charge in [-0.25, -0.2) is 4.39 Å². The Hall–Kier alpha value is -1.53. The molecule has 112 valence electrons. The minimum atomic E-state index is -2.85. The van der Waals surface area contributed by atoms with Crippen LogP contribution in [0.3, 0.4) is 0 Å². The summed E-state index contributed by atoms with van der Waals surface area (Å²) < 4.78 is 42.2. The molecule has 0 amide bonds. The van der Waals surface area contributed by atoms with Crippen LogP contribution in [0.5, 0.6) is 5.75 Å². The van der Waals surface area contributed by atoms with E-state index >= 15 is 0 Å². The second kappa shape index (κ2) is 6.95. The molecule has 0 heterocycles. The SMILES string of the molecule is NC(Cc1cccc(F)c1Br)c1ccc(OC(F)F)cc1. The molecular weight excluding hydrogens is 347 g/mol. The fraction of sp³-hybridized carbons (Fsp3) is 0.200. The highest BCUT2D eigenvalue weighted by Crippen LogP contribution is 2.26. The van der Waals surface area contributed by atoms with Crippen molar-refractivity contribution in [3.8, 4) is 5.75 Å². The second-order valence-electron chi connectivity index (χ2n) is 4.47. The van der Waals surface area contributed by atoms with E-state index < -0.39 is 6.61 Å². The van der Waals surface area contributed by atoms with E-state index in [0.717, 1.165) is 11.1 Å². The summed E-state index contributed by atoms with van der Waals surface area (Å²) in [5, 5.41) is 0. The monoisotopic (exact) mass is 359 g/mol. The van der Waals surface area contributed by atoms with Crippen LogP contribution in [0.25, 0.3) is 0 Å². The van der Waals surface area contributed by atoms with Crippen molar-refractivity contribution in [1.82, 2.24) is 0 Å². The molecule has 0 fully saturated rings. The minimum Gasteiger partial charge on any atom is -0.435 e. The normalized spacial score (nSPS) is 12.5. The van der Waals surface area contributed by atoms with Crippen molar-refractivity contribution in [3.63, 3.8) is 0 Å². The fourth-order valence-corrected chi connectivity index (χ4v) is 2.38. The van der Waals surface area contributed by atoms with Gasteiger partial charge >= 0.3 is 6.61 Å². The molecule has 0 spiro atoms. The van der Waals surface area contributed by atoms with Gasteiger partial charge in [0.1, 0.15) is 11.6 Å². The maximum atomic E-state index is 13.4. The molecule has 0 bridgehead atoms. The standard InChI is InChI=1S/C15H13BrF3NO/c16-14-10(2-1-3-12(14)17)8-13(20)9-4-6-11(7-5-9)21-15(18)19/h1-7,13,15H,8,20H2. The molecule has 2 aromatic carbocycles. The molecule has 0 aliphatic carbocycles. The van der Waals surface area contributed by atoms with Gasteiger partial charge in [-0.2, -0.15) is 8.78 Å². The van der Waals surface area contributed by atoms with Gasteiger partial charge in [0.15, 0.2) is 0 Å². The van der Waals surface area contributed by atoms with Crippen LogP contribution in [0.15, 0.2) is 46.9 Å². The largest absolute Gasteiger partial charge is 0.435 e. The lowest BCUT2D eigenvalue weighted by atomic mass is 9.99. The summed E-state index contributed by atoms with van der Waals surface area (Å²) in [5.74, 6) is -0.270. The molecule has 6 heteroatoms. The number of halogens is 4. The maximum Gasteiger partial charge on any atom is 0.387 e. The molecule has 2 aromatic rings. The van der Waals surface area contributed by atoms with E-state index in [9.17, 15) is 13.2 Å². The summed E-state index contributed by atoms with van der Waals surface area (Å²) in [5.41, 5.74) is 7.57. The highest BCUT2D eigenvalue weighted by molar-refractivity contribution is 9.10. The average Bonchev–Trinajstić information content (AvgIpc) is 2.44. The zero-order valence-corrected chi connectivity index (χ0v) is 12.5. The molecule has 0 radical (unpaired) electrons. The van der Waals surface area contributed by atoms with Crippen molar-refractivity contribution >= 4 is 15.9 Å². The third-order valence-electron chi connectivity index (χ3n) is 3.00. The quantitative estimate of drug-likeness (QED) is 0.856. The Morgan fingerprint density at radius 1 is 1.10 bits per heavy atom. The topological polar surface area (TPSA) is 35.2 Å². The molecule has 2 N–H and O–H groups in total. The number of benzene rings is 2. The molecule has 1 atom stereocenters. The summed E-state index contributed by atoms with van der Waals surface area (Å²) in [7, 11) is 0. The fourth-order valence-electron chi connectivity index (χ4n) is 1.96. The first-order chi connectivity index (χ1) is 9.97. The van der Waals surface area contributed by atoms with E-state index in [1.54, 1.807) is 24.3 Å². The Morgan fingerprint density at radius 3 is 2.38 bits per heavy atom. The number of rotatable bonds is 5. The van der Waals surface area contributed by atoms with Gasteiger partial charge in [-0.3, -0.25) is 0 Å². The number of ether oxygens (including phenoxy) is 1. The summed E-state index contributed by atoms with van der Waals surface area (Å²) >= 11 is 3.19. The van der Waals surface area contributed by atoms with Crippen molar-refractivity contribution < 1.29 is 17.9 Å². The number of nitrogens with two attached hydrogens (primary N) is 1. The average molecular weight is 360 g/mol. The van der Waals surface area contributed by atoms with Crippen LogP contribution >= 0.6 is 15.9 Å². The van der Waals surface area contributed by atoms with Crippen molar-refractivity contribution in [2.45, 2.75) is 19.1 Å². The van der Waals surface area contributed by atoms with Gasteiger partial charge in [-0.05, 0) is 51.7 Å². The molecule has 0 aliphatic heterocycles. The lowest BCUT2D eigenvalue weighted by molar-refractivity contribution is -0.0498. The number of alkyl halides is 2. The zero-order chi connectivity index (χ0) is 15.4. The molecule has 21 heavy (non-hydrogen) atoms.